The Labute approximate surface area is 230 Å². The van der Waals surface area contributed by atoms with Crippen LogP contribution in [0.5, 0.6) is 0 Å². The first-order valence-electron chi connectivity index (χ1n) is 13.6. The molecule has 0 radical (unpaired) electrons. The number of hydrogen-bond donors (Lipinski definition) is 5. The number of anilines is 1. The van der Waals surface area contributed by atoms with Crippen LogP contribution >= 0.6 is 11.8 Å². The maximum Gasteiger partial charge on any atom is 0.252 e. The Morgan fingerprint density at radius 3 is 2.39 bits per heavy atom. The van der Waals surface area contributed by atoms with Crippen LogP contribution in [0.4, 0.5) is 5.69 Å². The second kappa shape index (κ2) is 15.3. The second-order valence-electron chi connectivity index (χ2n) is 10.7. The van der Waals surface area contributed by atoms with Crippen molar-refractivity contribution in [3.8, 4) is 0 Å². The summed E-state index contributed by atoms with van der Waals surface area (Å²) in [7, 11) is 0. The number of benzene rings is 2. The minimum Gasteiger partial charge on any atom is -0.392 e. The lowest BCUT2D eigenvalue weighted by atomic mass is 9.82. The molecule has 1 aliphatic carbocycles. The smallest absolute Gasteiger partial charge is 0.252 e. The topological polar surface area (TPSA) is 119 Å². The van der Waals surface area contributed by atoms with Crippen molar-refractivity contribution < 1.29 is 24.9 Å². The Bertz CT molecular complexity index is 1030. The molecule has 1 saturated carbocycles. The molecule has 0 aliphatic heterocycles. The summed E-state index contributed by atoms with van der Waals surface area (Å²) in [5, 5.41) is 37.4. The van der Waals surface area contributed by atoms with Gasteiger partial charge < -0.3 is 26.0 Å². The average Bonchev–Trinajstić information content (AvgIpc) is 2.91. The Kier molecular flexibility index (Phi) is 12.1. The van der Waals surface area contributed by atoms with Crippen molar-refractivity contribution in [1.29, 1.82) is 0 Å². The van der Waals surface area contributed by atoms with Gasteiger partial charge in [0.05, 0.1) is 24.5 Å². The van der Waals surface area contributed by atoms with Gasteiger partial charge in [0.25, 0.3) is 5.91 Å². The molecule has 2 aromatic rings. The van der Waals surface area contributed by atoms with Crippen molar-refractivity contribution >= 4 is 29.3 Å². The SMILES string of the molecule is CC(C)CC(O)C(O)C(CC1CCCCC1)NC(=O)c1cc(NC(=O)CSc2ccccc2)ccc1CO. The van der Waals surface area contributed by atoms with Crippen LogP contribution in [0.2, 0.25) is 0 Å². The molecule has 0 bridgehead atoms. The van der Waals surface area contributed by atoms with E-state index in [4.69, 9.17) is 0 Å². The van der Waals surface area contributed by atoms with E-state index in [0.717, 1.165) is 30.6 Å². The van der Waals surface area contributed by atoms with Crippen molar-refractivity contribution in [2.75, 3.05) is 11.1 Å². The van der Waals surface area contributed by atoms with Crippen LogP contribution in [0.15, 0.2) is 53.4 Å². The number of hydrogen-bond acceptors (Lipinski definition) is 6. The molecule has 38 heavy (non-hydrogen) atoms. The minimum absolute atomic E-state index is 0.201. The highest BCUT2D eigenvalue weighted by atomic mass is 32.2. The van der Waals surface area contributed by atoms with Crippen LogP contribution in [0.1, 0.15) is 74.7 Å². The molecule has 1 fully saturated rings. The Morgan fingerprint density at radius 1 is 1.03 bits per heavy atom. The van der Waals surface area contributed by atoms with E-state index in [-0.39, 0.29) is 29.7 Å². The first kappa shape index (κ1) is 30.2. The highest BCUT2D eigenvalue weighted by molar-refractivity contribution is 8.00. The third-order valence-corrected chi connectivity index (χ3v) is 8.08. The maximum atomic E-state index is 13.4. The van der Waals surface area contributed by atoms with Gasteiger partial charge in [-0.2, -0.15) is 0 Å². The molecule has 0 saturated heterocycles. The normalized spacial score (nSPS) is 16.6. The molecule has 0 aromatic heterocycles. The van der Waals surface area contributed by atoms with Crippen molar-refractivity contribution in [2.24, 2.45) is 11.8 Å². The summed E-state index contributed by atoms with van der Waals surface area (Å²) in [5.41, 5.74) is 1.11. The van der Waals surface area contributed by atoms with E-state index in [9.17, 15) is 24.9 Å². The van der Waals surface area contributed by atoms with Gasteiger partial charge in [-0.05, 0) is 54.5 Å². The number of thioether (sulfide) groups is 1. The predicted octanol–water partition coefficient (Wildman–Crippen LogP) is 4.75. The monoisotopic (exact) mass is 542 g/mol. The Balaban J connectivity index is 1.72. The van der Waals surface area contributed by atoms with E-state index in [1.807, 2.05) is 44.2 Å². The Morgan fingerprint density at radius 2 is 1.74 bits per heavy atom. The summed E-state index contributed by atoms with van der Waals surface area (Å²) in [6, 6.07) is 13.8. The molecule has 2 aromatic carbocycles. The molecule has 3 unspecified atom stereocenters. The Hall–Kier alpha value is -2.39. The number of carbonyl (C=O) groups is 2. The first-order chi connectivity index (χ1) is 18.3. The molecule has 0 spiro atoms. The van der Waals surface area contributed by atoms with Crippen LogP contribution < -0.4 is 10.6 Å². The molecule has 2 amide bonds. The lowest BCUT2D eigenvalue weighted by Crippen LogP contribution is -2.50. The number of aliphatic hydroxyl groups is 3. The highest BCUT2D eigenvalue weighted by Gasteiger charge is 2.31. The van der Waals surface area contributed by atoms with Crippen LogP contribution in [-0.2, 0) is 11.4 Å². The summed E-state index contributed by atoms with van der Waals surface area (Å²) >= 11 is 1.42. The van der Waals surface area contributed by atoms with Gasteiger partial charge in [0, 0.05) is 16.1 Å². The molecule has 7 nitrogen and oxygen atoms in total. The number of carbonyl (C=O) groups excluding carboxylic acids is 2. The van der Waals surface area contributed by atoms with Crippen LogP contribution in [0, 0.1) is 11.8 Å². The number of rotatable bonds is 13. The highest BCUT2D eigenvalue weighted by Crippen LogP contribution is 2.29. The molecule has 5 N–H and O–H groups in total. The van der Waals surface area contributed by atoms with Gasteiger partial charge in [0.15, 0.2) is 0 Å². The van der Waals surface area contributed by atoms with E-state index in [2.05, 4.69) is 10.6 Å². The van der Waals surface area contributed by atoms with Gasteiger partial charge in [-0.3, -0.25) is 9.59 Å². The molecule has 3 rings (SSSR count). The molecule has 8 heteroatoms. The number of aliphatic hydroxyl groups excluding tert-OH is 3. The summed E-state index contributed by atoms with van der Waals surface area (Å²) in [6.07, 6.45) is 4.53. The van der Waals surface area contributed by atoms with Crippen LogP contribution in [0.3, 0.4) is 0 Å². The van der Waals surface area contributed by atoms with E-state index >= 15 is 0 Å². The van der Waals surface area contributed by atoms with E-state index in [1.165, 1.54) is 18.2 Å². The molecular weight excluding hydrogens is 500 g/mol. The lowest BCUT2D eigenvalue weighted by molar-refractivity contribution is -0.113. The van der Waals surface area contributed by atoms with E-state index in [1.54, 1.807) is 18.2 Å². The van der Waals surface area contributed by atoms with Crippen molar-refractivity contribution in [3.05, 3.63) is 59.7 Å². The summed E-state index contributed by atoms with van der Waals surface area (Å²) < 4.78 is 0. The molecular formula is C30H42N2O5S. The summed E-state index contributed by atoms with van der Waals surface area (Å²) in [6.45, 7) is 3.62. The molecule has 3 atom stereocenters. The van der Waals surface area contributed by atoms with Gasteiger partial charge in [-0.25, -0.2) is 0 Å². The zero-order valence-corrected chi connectivity index (χ0v) is 23.3. The van der Waals surface area contributed by atoms with Gasteiger partial charge in [0.1, 0.15) is 6.10 Å². The minimum atomic E-state index is -1.10. The fraction of sp³-hybridized carbons (Fsp3) is 0.533. The van der Waals surface area contributed by atoms with E-state index in [0.29, 0.717) is 30.0 Å². The molecule has 0 heterocycles. The lowest BCUT2D eigenvalue weighted by Gasteiger charge is -2.33. The summed E-state index contributed by atoms with van der Waals surface area (Å²) in [5.74, 6) is 0.147. The van der Waals surface area contributed by atoms with E-state index < -0.39 is 24.2 Å². The fourth-order valence-corrected chi connectivity index (χ4v) is 5.79. The zero-order valence-electron chi connectivity index (χ0n) is 22.4. The number of nitrogens with one attached hydrogen (secondary N) is 2. The van der Waals surface area contributed by atoms with Crippen LogP contribution in [0.25, 0.3) is 0 Å². The number of amides is 2. The zero-order chi connectivity index (χ0) is 27.5. The van der Waals surface area contributed by atoms with Crippen molar-refractivity contribution in [1.82, 2.24) is 5.32 Å². The largest absolute Gasteiger partial charge is 0.392 e. The quantitative estimate of drug-likeness (QED) is 0.233. The first-order valence-corrected chi connectivity index (χ1v) is 14.6. The third kappa shape index (κ3) is 9.42. The standard InChI is InChI=1S/C30H42N2O5S/c1-20(2)15-27(34)29(36)26(16-21-9-5-3-6-10-21)32-30(37)25-17-23(14-13-22(25)18-33)31-28(35)19-38-24-11-7-4-8-12-24/h4,7-8,11-14,17,20-21,26-27,29,33-34,36H,3,5-6,9-10,15-16,18-19H2,1-2H3,(H,31,35)(H,32,37). The fourth-order valence-electron chi connectivity index (χ4n) is 5.07. The molecule has 208 valence electrons. The molecule has 1 aliphatic rings. The summed E-state index contributed by atoms with van der Waals surface area (Å²) in [4.78, 5) is 27.0. The van der Waals surface area contributed by atoms with Gasteiger partial charge >= 0.3 is 0 Å². The second-order valence-corrected chi connectivity index (χ2v) is 11.7. The maximum absolute atomic E-state index is 13.4. The average molecular weight is 543 g/mol. The van der Waals surface area contributed by atoms with Gasteiger partial charge in [0.2, 0.25) is 5.91 Å². The predicted molar refractivity (Wildman–Crippen MR) is 152 cm³/mol. The van der Waals surface area contributed by atoms with Gasteiger partial charge in [-0.1, -0.05) is 70.2 Å². The van der Waals surface area contributed by atoms with Crippen molar-refractivity contribution in [2.45, 2.75) is 88.5 Å². The van der Waals surface area contributed by atoms with Crippen molar-refractivity contribution in [3.63, 3.8) is 0 Å². The van der Waals surface area contributed by atoms with Crippen LogP contribution in [-0.4, -0.2) is 51.1 Å². The third-order valence-electron chi connectivity index (χ3n) is 7.07. The van der Waals surface area contributed by atoms with Gasteiger partial charge in [-0.15, -0.1) is 11.8 Å².